The Morgan fingerprint density at radius 2 is 2.19 bits per heavy atom. The van der Waals surface area contributed by atoms with Gasteiger partial charge in [-0.1, -0.05) is 0 Å². The zero-order valence-electron chi connectivity index (χ0n) is 12.0. The molecule has 0 aromatic heterocycles. The van der Waals surface area contributed by atoms with E-state index in [-0.39, 0.29) is 17.8 Å². The number of halogens is 2. The lowest BCUT2D eigenvalue weighted by Gasteiger charge is -2.22. The van der Waals surface area contributed by atoms with Gasteiger partial charge in [0.2, 0.25) is 5.91 Å². The second-order valence-corrected chi connectivity index (χ2v) is 6.05. The summed E-state index contributed by atoms with van der Waals surface area (Å²) in [5.74, 6) is -0.453. The quantitative estimate of drug-likeness (QED) is 0.850. The van der Waals surface area contributed by atoms with Crippen molar-refractivity contribution in [1.29, 1.82) is 0 Å². The molecule has 116 valence electrons. The molecule has 0 saturated carbocycles. The molecule has 2 N–H and O–H groups in total. The van der Waals surface area contributed by atoms with E-state index in [1.807, 2.05) is 0 Å². The number of aryl methyl sites for hydroxylation is 1. The summed E-state index contributed by atoms with van der Waals surface area (Å²) in [6.45, 7) is 4.12. The number of ether oxygens (including phenoxy) is 1. The van der Waals surface area contributed by atoms with Gasteiger partial charge in [0.25, 0.3) is 0 Å². The second-order valence-electron chi connectivity index (χ2n) is 5.20. The summed E-state index contributed by atoms with van der Waals surface area (Å²) in [4.78, 5) is 11.9. The molecule has 0 aliphatic carbocycles. The average molecular weight is 359 g/mol. The van der Waals surface area contributed by atoms with Crippen molar-refractivity contribution in [3.8, 4) is 0 Å². The molecule has 1 heterocycles. The minimum absolute atomic E-state index is 0.120. The van der Waals surface area contributed by atoms with Crippen molar-refractivity contribution in [1.82, 2.24) is 5.32 Å². The van der Waals surface area contributed by atoms with Crippen molar-refractivity contribution in [3.63, 3.8) is 0 Å². The van der Waals surface area contributed by atoms with Crippen molar-refractivity contribution in [2.24, 2.45) is 0 Å². The number of amides is 1. The number of carbonyl (C=O) groups excluding carboxylic acids is 1. The second kappa shape index (κ2) is 7.87. The lowest BCUT2D eigenvalue weighted by atomic mass is 10.1. The number of hydrogen-bond donors (Lipinski definition) is 2. The number of hydrogen-bond acceptors (Lipinski definition) is 3. The van der Waals surface area contributed by atoms with Crippen LogP contribution in [-0.4, -0.2) is 31.7 Å². The molecule has 0 radical (unpaired) electrons. The predicted molar refractivity (Wildman–Crippen MR) is 83.9 cm³/mol. The van der Waals surface area contributed by atoms with Crippen LogP contribution in [0.5, 0.6) is 0 Å². The van der Waals surface area contributed by atoms with Crippen LogP contribution in [0.4, 0.5) is 10.1 Å². The van der Waals surface area contributed by atoms with Gasteiger partial charge in [0, 0.05) is 5.69 Å². The Kier molecular flexibility index (Phi) is 6.14. The average Bonchev–Trinajstić information content (AvgIpc) is 2.46. The molecule has 1 aromatic rings. The van der Waals surface area contributed by atoms with Crippen LogP contribution in [0.3, 0.4) is 0 Å². The lowest BCUT2D eigenvalue weighted by molar-refractivity contribution is -0.117. The van der Waals surface area contributed by atoms with E-state index in [2.05, 4.69) is 26.6 Å². The summed E-state index contributed by atoms with van der Waals surface area (Å²) in [6.07, 6.45) is 2.54. The summed E-state index contributed by atoms with van der Waals surface area (Å²) in [5.41, 5.74) is 1.32. The van der Waals surface area contributed by atoms with Gasteiger partial charge in [-0.15, -0.1) is 0 Å². The van der Waals surface area contributed by atoms with Gasteiger partial charge in [-0.05, 0) is 66.5 Å². The minimum Gasteiger partial charge on any atom is -0.378 e. The van der Waals surface area contributed by atoms with Gasteiger partial charge in [0.1, 0.15) is 5.82 Å². The number of piperidine rings is 1. The summed E-state index contributed by atoms with van der Waals surface area (Å²) in [5, 5.41) is 6.06. The zero-order chi connectivity index (χ0) is 15.2. The Morgan fingerprint density at radius 3 is 2.90 bits per heavy atom. The minimum atomic E-state index is -0.334. The summed E-state index contributed by atoms with van der Waals surface area (Å²) < 4.78 is 19.4. The van der Waals surface area contributed by atoms with E-state index < -0.39 is 0 Å². The van der Waals surface area contributed by atoms with Crippen molar-refractivity contribution in [3.05, 3.63) is 28.0 Å². The van der Waals surface area contributed by atoms with E-state index in [1.165, 1.54) is 6.07 Å². The van der Waals surface area contributed by atoms with Crippen molar-refractivity contribution in [2.75, 3.05) is 25.0 Å². The highest BCUT2D eigenvalue weighted by Crippen LogP contribution is 2.24. The van der Waals surface area contributed by atoms with E-state index in [0.29, 0.717) is 28.8 Å². The number of carbonyl (C=O) groups is 1. The fourth-order valence-corrected chi connectivity index (χ4v) is 2.62. The Bertz CT molecular complexity index is 505. The largest absolute Gasteiger partial charge is 0.378 e. The maximum atomic E-state index is 13.3. The molecule has 21 heavy (non-hydrogen) atoms. The van der Waals surface area contributed by atoms with Gasteiger partial charge >= 0.3 is 0 Å². The smallest absolute Gasteiger partial charge is 0.226 e. The van der Waals surface area contributed by atoms with Gasteiger partial charge in [-0.3, -0.25) is 4.79 Å². The van der Waals surface area contributed by atoms with Gasteiger partial charge in [0.15, 0.2) is 0 Å². The summed E-state index contributed by atoms with van der Waals surface area (Å²) in [6, 6.07) is 2.97. The van der Waals surface area contributed by atoms with Crippen LogP contribution < -0.4 is 10.6 Å². The fraction of sp³-hybridized carbons (Fsp3) is 0.533. The third-order valence-corrected chi connectivity index (χ3v) is 4.12. The molecule has 0 spiro atoms. The van der Waals surface area contributed by atoms with Crippen LogP contribution in [-0.2, 0) is 9.53 Å². The normalized spacial score (nSPS) is 16.0. The molecule has 1 aliphatic rings. The van der Waals surface area contributed by atoms with Crippen molar-refractivity contribution in [2.45, 2.75) is 32.3 Å². The maximum absolute atomic E-state index is 13.3. The summed E-state index contributed by atoms with van der Waals surface area (Å²) in [7, 11) is 0. The first-order valence-electron chi connectivity index (χ1n) is 7.14. The Labute approximate surface area is 132 Å². The molecule has 1 aliphatic heterocycles. The van der Waals surface area contributed by atoms with Crippen LogP contribution in [0.1, 0.15) is 24.8 Å². The standard InChI is InChI=1S/C15H20BrFN2O2/c1-10-8-13(17)12(16)9-14(10)19-15(20)4-7-21-11-2-5-18-6-3-11/h8-9,11,18H,2-7H2,1H3,(H,19,20). The Morgan fingerprint density at radius 1 is 1.48 bits per heavy atom. The van der Waals surface area contributed by atoms with E-state index in [1.54, 1.807) is 13.0 Å². The maximum Gasteiger partial charge on any atom is 0.226 e. The number of rotatable bonds is 5. The molecule has 1 aromatic carbocycles. The van der Waals surface area contributed by atoms with Crippen molar-refractivity contribution < 1.29 is 13.9 Å². The first-order valence-corrected chi connectivity index (χ1v) is 7.93. The highest BCUT2D eigenvalue weighted by Gasteiger charge is 2.14. The van der Waals surface area contributed by atoms with E-state index >= 15 is 0 Å². The zero-order valence-corrected chi connectivity index (χ0v) is 13.6. The molecule has 6 heteroatoms. The Balaban J connectivity index is 1.77. The molecule has 0 unspecified atom stereocenters. The van der Waals surface area contributed by atoms with Gasteiger partial charge in [-0.25, -0.2) is 4.39 Å². The van der Waals surface area contributed by atoms with Crippen LogP contribution >= 0.6 is 15.9 Å². The SMILES string of the molecule is Cc1cc(F)c(Br)cc1NC(=O)CCOC1CCNCC1. The predicted octanol–water partition coefficient (Wildman–Crippen LogP) is 2.99. The van der Waals surface area contributed by atoms with E-state index in [0.717, 1.165) is 25.9 Å². The molecule has 1 amide bonds. The topological polar surface area (TPSA) is 50.4 Å². The van der Waals surface area contributed by atoms with Gasteiger partial charge in [-0.2, -0.15) is 0 Å². The fourth-order valence-electron chi connectivity index (χ4n) is 2.27. The third kappa shape index (κ3) is 5.05. The summed E-state index contributed by atoms with van der Waals surface area (Å²) >= 11 is 3.12. The van der Waals surface area contributed by atoms with Gasteiger partial charge < -0.3 is 15.4 Å². The monoisotopic (exact) mass is 358 g/mol. The van der Waals surface area contributed by atoms with Crippen LogP contribution in [0.15, 0.2) is 16.6 Å². The lowest BCUT2D eigenvalue weighted by Crippen LogP contribution is -2.33. The molecule has 0 atom stereocenters. The highest BCUT2D eigenvalue weighted by atomic mass is 79.9. The van der Waals surface area contributed by atoms with E-state index in [4.69, 9.17) is 4.74 Å². The number of benzene rings is 1. The first-order chi connectivity index (χ1) is 10.1. The van der Waals surface area contributed by atoms with E-state index in [9.17, 15) is 9.18 Å². The molecular formula is C15H20BrFN2O2. The molecular weight excluding hydrogens is 339 g/mol. The molecule has 2 rings (SSSR count). The van der Waals surface area contributed by atoms with Crippen LogP contribution in [0, 0.1) is 12.7 Å². The van der Waals surface area contributed by atoms with Crippen molar-refractivity contribution >= 4 is 27.5 Å². The Hall–Kier alpha value is -0.980. The molecule has 1 saturated heterocycles. The van der Waals surface area contributed by atoms with Crippen LogP contribution in [0.2, 0.25) is 0 Å². The number of nitrogens with one attached hydrogen (secondary N) is 2. The first kappa shape index (κ1) is 16.4. The molecule has 0 bridgehead atoms. The molecule has 1 fully saturated rings. The van der Waals surface area contributed by atoms with Crippen LogP contribution in [0.25, 0.3) is 0 Å². The third-order valence-electron chi connectivity index (χ3n) is 3.51. The van der Waals surface area contributed by atoms with Gasteiger partial charge in [0.05, 0.1) is 23.6 Å². The molecule has 4 nitrogen and oxygen atoms in total. The number of anilines is 1. The highest BCUT2D eigenvalue weighted by molar-refractivity contribution is 9.10.